The summed E-state index contributed by atoms with van der Waals surface area (Å²) in [6.07, 6.45) is 5.69. The van der Waals surface area contributed by atoms with Gasteiger partial charge in [-0.05, 0) is 19.8 Å². The number of aliphatic carboxylic acids is 1. The Bertz CT molecular complexity index is 196. The number of rotatable bonds is 2. The number of hydrogen-bond acceptors (Lipinski definition) is 2. The molecule has 0 saturated carbocycles. The van der Waals surface area contributed by atoms with Gasteiger partial charge >= 0.3 is 5.97 Å². The van der Waals surface area contributed by atoms with Crippen molar-refractivity contribution >= 4 is 5.97 Å². The molecule has 11 heavy (non-hydrogen) atoms. The summed E-state index contributed by atoms with van der Waals surface area (Å²) in [6, 6.07) is 0. The summed E-state index contributed by atoms with van der Waals surface area (Å²) in [5, 5.41) is 8.74. The average Bonchev–Trinajstić information content (AvgIpc) is 2.37. The van der Waals surface area contributed by atoms with E-state index in [9.17, 15) is 4.79 Å². The Morgan fingerprint density at radius 2 is 2.45 bits per heavy atom. The fourth-order valence-electron chi connectivity index (χ4n) is 1.29. The van der Waals surface area contributed by atoms with Crippen molar-refractivity contribution in [1.82, 2.24) is 0 Å². The van der Waals surface area contributed by atoms with E-state index in [0.29, 0.717) is 0 Å². The molecule has 0 unspecified atom stereocenters. The van der Waals surface area contributed by atoms with Gasteiger partial charge in [-0.15, -0.1) is 0 Å². The second-order valence-electron chi connectivity index (χ2n) is 3.20. The van der Waals surface area contributed by atoms with Gasteiger partial charge < -0.3 is 10.8 Å². The van der Waals surface area contributed by atoms with Gasteiger partial charge in [0.25, 0.3) is 0 Å². The molecule has 0 saturated heterocycles. The van der Waals surface area contributed by atoms with Gasteiger partial charge in [0.1, 0.15) is 5.54 Å². The number of nitrogens with two attached hydrogens (primary N) is 1. The third kappa shape index (κ3) is 1.43. The van der Waals surface area contributed by atoms with Gasteiger partial charge in [-0.25, -0.2) is 0 Å². The van der Waals surface area contributed by atoms with Gasteiger partial charge in [-0.3, -0.25) is 4.79 Å². The highest BCUT2D eigenvalue weighted by Gasteiger charge is 2.36. The number of hydrogen-bond donors (Lipinski definition) is 2. The van der Waals surface area contributed by atoms with E-state index < -0.39 is 11.5 Å². The molecular formula is C8H13NO2. The summed E-state index contributed by atoms with van der Waals surface area (Å²) >= 11 is 0. The van der Waals surface area contributed by atoms with Crippen LogP contribution in [0.4, 0.5) is 0 Å². The van der Waals surface area contributed by atoms with Gasteiger partial charge in [0.2, 0.25) is 0 Å². The first-order valence-electron chi connectivity index (χ1n) is 3.74. The number of carboxylic acids is 1. The molecule has 1 rings (SSSR count). The zero-order chi connectivity index (χ0) is 8.48. The molecule has 3 heteroatoms. The van der Waals surface area contributed by atoms with Crippen molar-refractivity contribution in [3.8, 4) is 0 Å². The first-order chi connectivity index (χ1) is 5.05. The van der Waals surface area contributed by atoms with Crippen LogP contribution in [-0.2, 0) is 4.79 Å². The Balaban J connectivity index is 2.71. The molecule has 0 aliphatic heterocycles. The Labute approximate surface area is 65.9 Å². The summed E-state index contributed by atoms with van der Waals surface area (Å²) in [4.78, 5) is 10.6. The smallest absolute Gasteiger partial charge is 0.323 e. The van der Waals surface area contributed by atoms with E-state index >= 15 is 0 Å². The maximum Gasteiger partial charge on any atom is 0.323 e. The van der Waals surface area contributed by atoms with Crippen LogP contribution in [0.15, 0.2) is 12.2 Å². The van der Waals surface area contributed by atoms with Crippen LogP contribution in [0.5, 0.6) is 0 Å². The second-order valence-corrected chi connectivity index (χ2v) is 3.20. The molecule has 0 fully saturated rings. The fourth-order valence-corrected chi connectivity index (χ4v) is 1.29. The fraction of sp³-hybridized carbons (Fsp3) is 0.625. The molecule has 0 aromatic heterocycles. The van der Waals surface area contributed by atoms with Crippen molar-refractivity contribution in [2.24, 2.45) is 11.7 Å². The van der Waals surface area contributed by atoms with Crippen molar-refractivity contribution in [3.63, 3.8) is 0 Å². The van der Waals surface area contributed by atoms with E-state index in [-0.39, 0.29) is 5.92 Å². The molecule has 3 N–H and O–H groups in total. The minimum Gasteiger partial charge on any atom is -0.480 e. The number of allylic oxidation sites excluding steroid dienone is 1. The second kappa shape index (κ2) is 2.66. The van der Waals surface area contributed by atoms with Crippen LogP contribution >= 0.6 is 0 Å². The zero-order valence-electron chi connectivity index (χ0n) is 6.58. The third-order valence-corrected chi connectivity index (χ3v) is 2.24. The molecule has 0 bridgehead atoms. The quantitative estimate of drug-likeness (QED) is 0.578. The van der Waals surface area contributed by atoms with Crippen molar-refractivity contribution in [1.29, 1.82) is 0 Å². The van der Waals surface area contributed by atoms with E-state index in [4.69, 9.17) is 10.8 Å². The lowest BCUT2D eigenvalue weighted by Gasteiger charge is -2.24. The highest BCUT2D eigenvalue weighted by molar-refractivity contribution is 5.78. The van der Waals surface area contributed by atoms with Gasteiger partial charge in [0.15, 0.2) is 0 Å². The lowest BCUT2D eigenvalue weighted by atomic mass is 9.86. The predicted molar refractivity (Wildman–Crippen MR) is 42.1 cm³/mol. The van der Waals surface area contributed by atoms with Gasteiger partial charge in [0.05, 0.1) is 0 Å². The van der Waals surface area contributed by atoms with Crippen LogP contribution < -0.4 is 5.73 Å². The molecule has 1 aliphatic carbocycles. The Kier molecular flexibility index (Phi) is 2.00. The maximum atomic E-state index is 10.6. The van der Waals surface area contributed by atoms with Crippen molar-refractivity contribution < 1.29 is 9.90 Å². The van der Waals surface area contributed by atoms with Crippen molar-refractivity contribution in [3.05, 3.63) is 12.2 Å². The predicted octanol–water partition coefficient (Wildman–Crippen LogP) is 0.755. The van der Waals surface area contributed by atoms with E-state index in [0.717, 1.165) is 12.8 Å². The monoisotopic (exact) mass is 155 g/mol. The molecule has 1 aliphatic rings. The zero-order valence-corrected chi connectivity index (χ0v) is 6.58. The third-order valence-electron chi connectivity index (χ3n) is 2.24. The standard InChI is InChI=1S/C8H13NO2/c1-8(9,7(10)11)6-4-2-3-5-6/h2,4,6H,3,5,9H2,1H3,(H,10,11)/t6-,8-/m0/s1. The first-order valence-corrected chi connectivity index (χ1v) is 3.74. The normalized spacial score (nSPS) is 28.4. The van der Waals surface area contributed by atoms with Crippen LogP contribution in [0.25, 0.3) is 0 Å². The molecule has 2 atom stereocenters. The SMILES string of the molecule is C[C@@](N)(C(=O)O)[C@H]1C=CCC1. The van der Waals surface area contributed by atoms with E-state index in [1.807, 2.05) is 12.2 Å². The molecule has 0 amide bonds. The van der Waals surface area contributed by atoms with E-state index in [1.165, 1.54) is 0 Å². The highest BCUT2D eigenvalue weighted by Crippen LogP contribution is 2.26. The summed E-state index contributed by atoms with van der Waals surface area (Å²) in [5.41, 5.74) is 4.52. The van der Waals surface area contributed by atoms with Gasteiger partial charge in [-0.1, -0.05) is 12.2 Å². The Morgan fingerprint density at radius 3 is 2.82 bits per heavy atom. The van der Waals surface area contributed by atoms with Gasteiger partial charge in [0, 0.05) is 5.92 Å². The molecule has 0 heterocycles. The Morgan fingerprint density at radius 1 is 1.82 bits per heavy atom. The summed E-state index contributed by atoms with van der Waals surface area (Å²) in [6.45, 7) is 1.57. The van der Waals surface area contributed by atoms with E-state index in [2.05, 4.69) is 0 Å². The summed E-state index contributed by atoms with van der Waals surface area (Å²) in [7, 11) is 0. The van der Waals surface area contributed by atoms with Crippen LogP contribution in [0, 0.1) is 5.92 Å². The first kappa shape index (κ1) is 8.27. The average molecular weight is 155 g/mol. The number of carboxylic acid groups (broad SMARTS) is 1. The summed E-state index contributed by atoms with van der Waals surface area (Å²) in [5.74, 6) is -0.922. The van der Waals surface area contributed by atoms with Crippen LogP contribution in [-0.4, -0.2) is 16.6 Å². The van der Waals surface area contributed by atoms with Gasteiger partial charge in [-0.2, -0.15) is 0 Å². The lowest BCUT2D eigenvalue weighted by molar-refractivity contribution is -0.144. The highest BCUT2D eigenvalue weighted by atomic mass is 16.4. The van der Waals surface area contributed by atoms with Crippen molar-refractivity contribution in [2.75, 3.05) is 0 Å². The largest absolute Gasteiger partial charge is 0.480 e. The van der Waals surface area contributed by atoms with Crippen LogP contribution in [0.2, 0.25) is 0 Å². The molecule has 0 aromatic carbocycles. The molecular weight excluding hydrogens is 142 g/mol. The minimum atomic E-state index is -1.09. The molecule has 3 nitrogen and oxygen atoms in total. The lowest BCUT2D eigenvalue weighted by Crippen LogP contribution is -2.50. The maximum absolute atomic E-state index is 10.6. The van der Waals surface area contributed by atoms with Crippen LogP contribution in [0.1, 0.15) is 19.8 Å². The molecule has 0 spiro atoms. The molecule has 62 valence electrons. The van der Waals surface area contributed by atoms with Crippen LogP contribution in [0.3, 0.4) is 0 Å². The topological polar surface area (TPSA) is 63.3 Å². The van der Waals surface area contributed by atoms with E-state index in [1.54, 1.807) is 6.92 Å². The minimum absolute atomic E-state index is 0.000000000000000444. The molecule has 0 aromatic rings. The number of carbonyl (C=O) groups is 1. The Hall–Kier alpha value is -0.830. The molecule has 0 radical (unpaired) electrons. The summed E-state index contributed by atoms with van der Waals surface area (Å²) < 4.78 is 0. The van der Waals surface area contributed by atoms with Crippen molar-refractivity contribution in [2.45, 2.75) is 25.3 Å².